The second kappa shape index (κ2) is 6.72. The van der Waals surface area contributed by atoms with Gasteiger partial charge in [-0.2, -0.15) is 13.2 Å². The van der Waals surface area contributed by atoms with E-state index in [1.807, 2.05) is 0 Å². The highest BCUT2D eigenvalue weighted by molar-refractivity contribution is 5.94. The standard InChI is InChI=1S/C11H12F4N2O.ClH/c1-6(5-16)17-10(18)7-2-3-9(12)8(4-7)11(13,14)15;/h2-4,6H,5,16H2,1H3,(H,17,18);1H/t6-;/m0./s1. The molecule has 0 fully saturated rings. The molecule has 1 aromatic rings. The van der Waals surface area contributed by atoms with Crippen LogP contribution in [0.1, 0.15) is 22.8 Å². The summed E-state index contributed by atoms with van der Waals surface area (Å²) in [7, 11) is 0. The minimum Gasteiger partial charge on any atom is -0.348 e. The van der Waals surface area contributed by atoms with Crippen LogP contribution in [0.3, 0.4) is 0 Å². The molecule has 0 heterocycles. The Hall–Kier alpha value is -1.34. The minimum absolute atomic E-state index is 0. The molecule has 1 amide bonds. The molecule has 0 saturated heterocycles. The van der Waals surface area contributed by atoms with E-state index in [-0.39, 0.29) is 30.6 Å². The smallest absolute Gasteiger partial charge is 0.348 e. The lowest BCUT2D eigenvalue weighted by atomic mass is 10.1. The number of rotatable bonds is 3. The van der Waals surface area contributed by atoms with E-state index in [2.05, 4.69) is 5.32 Å². The van der Waals surface area contributed by atoms with Crippen LogP contribution in [0.15, 0.2) is 18.2 Å². The Kier molecular flexibility index (Phi) is 6.24. The molecule has 3 nitrogen and oxygen atoms in total. The number of hydrogen-bond acceptors (Lipinski definition) is 2. The number of carbonyl (C=O) groups excluding carboxylic acids is 1. The van der Waals surface area contributed by atoms with Crippen molar-refractivity contribution in [3.63, 3.8) is 0 Å². The van der Waals surface area contributed by atoms with Gasteiger partial charge < -0.3 is 11.1 Å². The number of alkyl halides is 3. The van der Waals surface area contributed by atoms with Gasteiger partial charge in [-0.15, -0.1) is 12.4 Å². The number of carbonyl (C=O) groups is 1. The second-order valence-electron chi connectivity index (χ2n) is 3.80. The van der Waals surface area contributed by atoms with Crippen LogP contribution in [0.2, 0.25) is 0 Å². The molecule has 0 radical (unpaired) electrons. The summed E-state index contributed by atoms with van der Waals surface area (Å²) >= 11 is 0. The van der Waals surface area contributed by atoms with Gasteiger partial charge >= 0.3 is 6.18 Å². The van der Waals surface area contributed by atoms with E-state index in [0.717, 1.165) is 6.07 Å². The van der Waals surface area contributed by atoms with E-state index in [0.29, 0.717) is 12.1 Å². The number of benzene rings is 1. The Morgan fingerprint density at radius 1 is 1.42 bits per heavy atom. The Morgan fingerprint density at radius 2 is 2.00 bits per heavy atom. The molecule has 0 unspecified atom stereocenters. The van der Waals surface area contributed by atoms with Gasteiger partial charge in [-0.25, -0.2) is 4.39 Å². The van der Waals surface area contributed by atoms with Gasteiger partial charge in [-0.05, 0) is 25.1 Å². The molecule has 0 aliphatic carbocycles. The third-order valence-electron chi connectivity index (χ3n) is 2.26. The van der Waals surface area contributed by atoms with Crippen molar-refractivity contribution in [1.29, 1.82) is 0 Å². The highest BCUT2D eigenvalue weighted by atomic mass is 35.5. The van der Waals surface area contributed by atoms with Crippen LogP contribution in [0, 0.1) is 5.82 Å². The summed E-state index contributed by atoms with van der Waals surface area (Å²) < 4.78 is 50.3. The van der Waals surface area contributed by atoms with Crippen molar-refractivity contribution in [3.8, 4) is 0 Å². The number of halogens is 5. The zero-order valence-electron chi connectivity index (χ0n) is 9.92. The van der Waals surface area contributed by atoms with Crippen molar-refractivity contribution in [2.45, 2.75) is 19.1 Å². The Morgan fingerprint density at radius 3 is 2.47 bits per heavy atom. The van der Waals surface area contributed by atoms with Crippen molar-refractivity contribution in [2.75, 3.05) is 6.54 Å². The average Bonchev–Trinajstić information content (AvgIpc) is 2.27. The molecule has 108 valence electrons. The molecular formula is C11H13ClF4N2O. The molecule has 0 aliphatic rings. The van der Waals surface area contributed by atoms with E-state index in [1.165, 1.54) is 0 Å². The molecular weight excluding hydrogens is 288 g/mol. The van der Waals surface area contributed by atoms with Crippen LogP contribution >= 0.6 is 12.4 Å². The molecule has 19 heavy (non-hydrogen) atoms. The first-order valence-electron chi connectivity index (χ1n) is 5.13. The van der Waals surface area contributed by atoms with Crippen LogP contribution in [-0.2, 0) is 6.18 Å². The first kappa shape index (κ1) is 17.7. The van der Waals surface area contributed by atoms with Gasteiger partial charge in [-0.3, -0.25) is 4.79 Å². The molecule has 1 rings (SSSR count). The van der Waals surface area contributed by atoms with Crippen LogP contribution in [-0.4, -0.2) is 18.5 Å². The van der Waals surface area contributed by atoms with Gasteiger partial charge in [0.1, 0.15) is 5.82 Å². The van der Waals surface area contributed by atoms with Gasteiger partial charge in [0.25, 0.3) is 5.91 Å². The summed E-state index contributed by atoms with van der Waals surface area (Å²) in [5.74, 6) is -2.13. The lowest BCUT2D eigenvalue weighted by Crippen LogP contribution is -2.37. The molecule has 0 spiro atoms. The first-order valence-corrected chi connectivity index (χ1v) is 5.13. The Balaban J connectivity index is 0.00000324. The number of nitrogens with two attached hydrogens (primary N) is 1. The summed E-state index contributed by atoms with van der Waals surface area (Å²) in [6, 6.07) is 1.71. The quantitative estimate of drug-likeness (QED) is 0.842. The fourth-order valence-corrected chi connectivity index (χ4v) is 1.25. The van der Waals surface area contributed by atoms with Crippen molar-refractivity contribution < 1.29 is 22.4 Å². The van der Waals surface area contributed by atoms with E-state index in [4.69, 9.17) is 5.73 Å². The SMILES string of the molecule is C[C@@H](CN)NC(=O)c1ccc(F)c(C(F)(F)F)c1.Cl. The van der Waals surface area contributed by atoms with Gasteiger partial charge in [0.2, 0.25) is 0 Å². The molecule has 0 bridgehead atoms. The topological polar surface area (TPSA) is 55.1 Å². The van der Waals surface area contributed by atoms with E-state index >= 15 is 0 Å². The van der Waals surface area contributed by atoms with Crippen LogP contribution < -0.4 is 11.1 Å². The molecule has 8 heteroatoms. The molecule has 1 aromatic carbocycles. The van der Waals surface area contributed by atoms with E-state index in [1.54, 1.807) is 6.92 Å². The second-order valence-corrected chi connectivity index (χ2v) is 3.80. The average molecular weight is 301 g/mol. The fourth-order valence-electron chi connectivity index (χ4n) is 1.25. The van der Waals surface area contributed by atoms with Gasteiger partial charge in [-0.1, -0.05) is 0 Å². The number of hydrogen-bond donors (Lipinski definition) is 2. The monoisotopic (exact) mass is 300 g/mol. The van der Waals surface area contributed by atoms with Crippen LogP contribution in [0.25, 0.3) is 0 Å². The Bertz CT molecular complexity index is 451. The van der Waals surface area contributed by atoms with E-state index in [9.17, 15) is 22.4 Å². The lowest BCUT2D eigenvalue weighted by Gasteiger charge is -2.13. The molecule has 3 N–H and O–H groups in total. The van der Waals surface area contributed by atoms with Crippen molar-refractivity contribution in [2.24, 2.45) is 5.73 Å². The summed E-state index contributed by atoms with van der Waals surface area (Å²) in [6.07, 6.45) is -4.83. The summed E-state index contributed by atoms with van der Waals surface area (Å²) in [4.78, 5) is 11.5. The maximum Gasteiger partial charge on any atom is 0.419 e. The largest absolute Gasteiger partial charge is 0.419 e. The summed E-state index contributed by atoms with van der Waals surface area (Å²) in [6.45, 7) is 1.76. The van der Waals surface area contributed by atoms with Crippen molar-refractivity contribution in [3.05, 3.63) is 35.1 Å². The molecule has 0 aliphatic heterocycles. The van der Waals surface area contributed by atoms with Gasteiger partial charge in [0, 0.05) is 18.2 Å². The maximum absolute atomic E-state index is 13.0. The molecule has 0 aromatic heterocycles. The first-order chi connectivity index (χ1) is 8.25. The normalized spacial score (nSPS) is 12.5. The van der Waals surface area contributed by atoms with E-state index < -0.39 is 23.5 Å². The predicted octanol–water partition coefficient (Wildman–Crippen LogP) is 2.34. The zero-order chi connectivity index (χ0) is 13.9. The highest BCUT2D eigenvalue weighted by Gasteiger charge is 2.34. The summed E-state index contributed by atoms with van der Waals surface area (Å²) in [5.41, 5.74) is 3.54. The fraction of sp³-hybridized carbons (Fsp3) is 0.364. The highest BCUT2D eigenvalue weighted by Crippen LogP contribution is 2.31. The number of nitrogens with one attached hydrogen (secondary N) is 1. The summed E-state index contributed by atoms with van der Waals surface area (Å²) in [5, 5.41) is 2.39. The van der Waals surface area contributed by atoms with Crippen LogP contribution in [0.4, 0.5) is 17.6 Å². The minimum atomic E-state index is -4.83. The van der Waals surface area contributed by atoms with Crippen molar-refractivity contribution >= 4 is 18.3 Å². The maximum atomic E-state index is 13.0. The van der Waals surface area contributed by atoms with Gasteiger partial charge in [0.05, 0.1) is 5.56 Å². The number of amides is 1. The lowest BCUT2D eigenvalue weighted by molar-refractivity contribution is -0.140. The van der Waals surface area contributed by atoms with Crippen molar-refractivity contribution in [1.82, 2.24) is 5.32 Å². The van der Waals surface area contributed by atoms with Crippen LogP contribution in [0.5, 0.6) is 0 Å². The Labute approximate surface area is 113 Å². The third kappa shape index (κ3) is 4.68. The molecule has 1 atom stereocenters. The van der Waals surface area contributed by atoms with Gasteiger partial charge in [0.15, 0.2) is 0 Å². The molecule has 0 saturated carbocycles. The predicted molar refractivity (Wildman–Crippen MR) is 64.6 cm³/mol. The zero-order valence-corrected chi connectivity index (χ0v) is 10.7. The third-order valence-corrected chi connectivity index (χ3v) is 2.26.